The summed E-state index contributed by atoms with van der Waals surface area (Å²) in [5, 5.41) is 0. The Balaban J connectivity index is 2.33. The molecule has 1 heteroatoms. The fourth-order valence-corrected chi connectivity index (χ4v) is 2.38. The third-order valence-corrected chi connectivity index (χ3v) is 3.54. The number of hydrogen-bond acceptors (Lipinski definition) is 1. The lowest BCUT2D eigenvalue weighted by Gasteiger charge is -2.31. The summed E-state index contributed by atoms with van der Waals surface area (Å²) in [5.41, 5.74) is 6.05. The molecule has 0 amide bonds. The first kappa shape index (κ1) is 10.0. The van der Waals surface area contributed by atoms with Crippen molar-refractivity contribution in [1.29, 1.82) is 0 Å². The van der Waals surface area contributed by atoms with Crippen LogP contribution in [0.15, 0.2) is 0 Å². The summed E-state index contributed by atoms with van der Waals surface area (Å²) in [6, 6.07) is 0.438. The lowest BCUT2D eigenvalue weighted by Crippen LogP contribution is -2.33. The molecule has 12 heavy (non-hydrogen) atoms. The van der Waals surface area contributed by atoms with Crippen LogP contribution in [-0.2, 0) is 0 Å². The van der Waals surface area contributed by atoms with Crippen molar-refractivity contribution < 1.29 is 0 Å². The summed E-state index contributed by atoms with van der Waals surface area (Å²) >= 11 is 0. The van der Waals surface area contributed by atoms with E-state index in [0.717, 1.165) is 18.3 Å². The fraction of sp³-hybridized carbons (Fsp3) is 1.00. The molecule has 0 heterocycles. The zero-order valence-electron chi connectivity index (χ0n) is 8.55. The fourth-order valence-electron chi connectivity index (χ4n) is 2.38. The molecule has 0 aromatic heterocycles. The smallest absolute Gasteiger partial charge is 0.00645 e. The van der Waals surface area contributed by atoms with E-state index in [9.17, 15) is 0 Å². The quantitative estimate of drug-likeness (QED) is 0.690. The predicted molar refractivity (Wildman–Crippen MR) is 54.0 cm³/mol. The lowest BCUT2D eigenvalue weighted by atomic mass is 9.77. The van der Waals surface area contributed by atoms with Crippen molar-refractivity contribution in [1.82, 2.24) is 0 Å². The third kappa shape index (κ3) is 2.48. The summed E-state index contributed by atoms with van der Waals surface area (Å²) in [7, 11) is 0. The molecule has 0 bridgehead atoms. The average Bonchev–Trinajstić information content (AvgIpc) is 2.17. The molecule has 0 saturated heterocycles. The maximum Gasteiger partial charge on any atom is 0.00645 e. The Hall–Kier alpha value is -0.0400. The van der Waals surface area contributed by atoms with Crippen LogP contribution in [0.3, 0.4) is 0 Å². The minimum atomic E-state index is 0.438. The van der Waals surface area contributed by atoms with E-state index >= 15 is 0 Å². The first-order valence-corrected chi connectivity index (χ1v) is 5.51. The van der Waals surface area contributed by atoms with Gasteiger partial charge >= 0.3 is 0 Å². The Morgan fingerprint density at radius 2 is 1.83 bits per heavy atom. The van der Waals surface area contributed by atoms with Crippen molar-refractivity contribution in [2.45, 2.75) is 58.4 Å². The van der Waals surface area contributed by atoms with Crippen LogP contribution in [-0.4, -0.2) is 6.04 Å². The first-order chi connectivity index (χ1) is 5.75. The molecule has 0 aromatic carbocycles. The maximum absolute atomic E-state index is 6.05. The van der Waals surface area contributed by atoms with Crippen molar-refractivity contribution in [2.24, 2.45) is 17.6 Å². The van der Waals surface area contributed by atoms with E-state index in [4.69, 9.17) is 5.73 Å². The second kappa shape index (κ2) is 4.86. The van der Waals surface area contributed by atoms with Gasteiger partial charge in [-0.3, -0.25) is 0 Å². The van der Waals surface area contributed by atoms with E-state index in [1.807, 2.05) is 0 Å². The zero-order valence-corrected chi connectivity index (χ0v) is 8.55. The zero-order chi connectivity index (χ0) is 8.97. The molecular weight excluding hydrogens is 146 g/mol. The molecule has 1 rings (SSSR count). The minimum absolute atomic E-state index is 0.438. The van der Waals surface area contributed by atoms with Gasteiger partial charge in [0.1, 0.15) is 0 Å². The Labute approximate surface area is 76.7 Å². The first-order valence-electron chi connectivity index (χ1n) is 5.51. The van der Waals surface area contributed by atoms with E-state index in [0.29, 0.717) is 6.04 Å². The number of rotatable bonds is 3. The molecule has 2 atom stereocenters. The second-order valence-corrected chi connectivity index (χ2v) is 4.33. The minimum Gasteiger partial charge on any atom is -0.327 e. The Bertz CT molecular complexity index is 116. The SMILES string of the molecule is CCC(N)C(C)C1CCCCC1. The van der Waals surface area contributed by atoms with Crippen LogP contribution < -0.4 is 5.73 Å². The van der Waals surface area contributed by atoms with Gasteiger partial charge in [-0.15, -0.1) is 0 Å². The number of hydrogen-bond donors (Lipinski definition) is 1. The van der Waals surface area contributed by atoms with Gasteiger partial charge < -0.3 is 5.73 Å². The topological polar surface area (TPSA) is 26.0 Å². The molecule has 72 valence electrons. The number of nitrogens with two attached hydrogens (primary N) is 1. The highest BCUT2D eigenvalue weighted by atomic mass is 14.6. The normalized spacial score (nSPS) is 25.2. The molecule has 0 aliphatic heterocycles. The van der Waals surface area contributed by atoms with Crippen LogP contribution in [0.5, 0.6) is 0 Å². The van der Waals surface area contributed by atoms with Gasteiger partial charge in [0, 0.05) is 6.04 Å². The van der Waals surface area contributed by atoms with Gasteiger partial charge in [-0.2, -0.15) is 0 Å². The maximum atomic E-state index is 6.05. The Morgan fingerprint density at radius 3 is 2.33 bits per heavy atom. The molecule has 0 aromatic rings. The lowest BCUT2D eigenvalue weighted by molar-refractivity contribution is 0.229. The van der Waals surface area contributed by atoms with E-state index in [1.54, 1.807) is 0 Å². The van der Waals surface area contributed by atoms with Crippen molar-refractivity contribution in [3.63, 3.8) is 0 Å². The highest BCUT2D eigenvalue weighted by molar-refractivity contribution is 4.77. The molecule has 1 aliphatic rings. The molecular formula is C11H23N. The van der Waals surface area contributed by atoms with Gasteiger partial charge in [0.2, 0.25) is 0 Å². The molecule has 1 fully saturated rings. The molecule has 0 radical (unpaired) electrons. The summed E-state index contributed by atoms with van der Waals surface area (Å²) < 4.78 is 0. The van der Waals surface area contributed by atoms with Gasteiger partial charge in [-0.1, -0.05) is 46.0 Å². The van der Waals surface area contributed by atoms with Gasteiger partial charge in [0.15, 0.2) is 0 Å². The van der Waals surface area contributed by atoms with Crippen molar-refractivity contribution >= 4 is 0 Å². The standard InChI is InChI=1S/C11H23N/c1-3-11(12)9(2)10-7-5-4-6-8-10/h9-11H,3-8,12H2,1-2H3. The van der Waals surface area contributed by atoms with E-state index in [-0.39, 0.29) is 0 Å². The highest BCUT2D eigenvalue weighted by Gasteiger charge is 2.23. The highest BCUT2D eigenvalue weighted by Crippen LogP contribution is 2.31. The monoisotopic (exact) mass is 169 g/mol. The summed E-state index contributed by atoms with van der Waals surface area (Å²) in [4.78, 5) is 0. The predicted octanol–water partition coefficient (Wildman–Crippen LogP) is 2.94. The van der Waals surface area contributed by atoms with Crippen molar-refractivity contribution in [2.75, 3.05) is 0 Å². The third-order valence-electron chi connectivity index (χ3n) is 3.54. The molecule has 0 spiro atoms. The van der Waals surface area contributed by atoms with Crippen LogP contribution in [0.1, 0.15) is 52.4 Å². The van der Waals surface area contributed by atoms with Gasteiger partial charge in [-0.25, -0.2) is 0 Å². The molecule has 1 aliphatic carbocycles. The summed E-state index contributed by atoms with van der Waals surface area (Å²) in [6.45, 7) is 4.54. The molecule has 1 saturated carbocycles. The van der Waals surface area contributed by atoms with E-state index < -0.39 is 0 Å². The Kier molecular flexibility index (Phi) is 4.07. The van der Waals surface area contributed by atoms with Gasteiger partial charge in [0.05, 0.1) is 0 Å². The van der Waals surface area contributed by atoms with Crippen LogP contribution in [0.25, 0.3) is 0 Å². The largest absolute Gasteiger partial charge is 0.327 e. The van der Waals surface area contributed by atoms with Crippen LogP contribution in [0.4, 0.5) is 0 Å². The van der Waals surface area contributed by atoms with Crippen LogP contribution in [0, 0.1) is 11.8 Å². The molecule has 2 N–H and O–H groups in total. The molecule has 2 unspecified atom stereocenters. The van der Waals surface area contributed by atoms with Crippen molar-refractivity contribution in [3.05, 3.63) is 0 Å². The van der Waals surface area contributed by atoms with Crippen LogP contribution in [0.2, 0.25) is 0 Å². The summed E-state index contributed by atoms with van der Waals surface area (Å²) in [5.74, 6) is 1.67. The van der Waals surface area contributed by atoms with Gasteiger partial charge in [0.25, 0.3) is 0 Å². The average molecular weight is 169 g/mol. The summed E-state index contributed by atoms with van der Waals surface area (Å²) in [6.07, 6.45) is 8.31. The van der Waals surface area contributed by atoms with Crippen LogP contribution >= 0.6 is 0 Å². The Morgan fingerprint density at radius 1 is 1.25 bits per heavy atom. The van der Waals surface area contributed by atoms with Gasteiger partial charge in [-0.05, 0) is 18.3 Å². The van der Waals surface area contributed by atoms with Crippen molar-refractivity contribution in [3.8, 4) is 0 Å². The second-order valence-electron chi connectivity index (χ2n) is 4.33. The van der Waals surface area contributed by atoms with E-state index in [1.165, 1.54) is 32.1 Å². The molecule has 1 nitrogen and oxygen atoms in total. The van der Waals surface area contributed by atoms with E-state index in [2.05, 4.69) is 13.8 Å².